The molecule has 0 aromatic carbocycles. The molecule has 0 fully saturated rings. The number of hydrogen-bond acceptors (Lipinski definition) is 1. The van der Waals surface area contributed by atoms with E-state index in [1.165, 1.54) is 0 Å². The molecule has 0 unspecified atom stereocenters. The van der Waals surface area contributed by atoms with Crippen molar-refractivity contribution in [3.8, 4) is 0 Å². The Kier molecular flexibility index (Phi) is 15.0. The van der Waals surface area contributed by atoms with Gasteiger partial charge in [0.25, 0.3) is 0 Å². The summed E-state index contributed by atoms with van der Waals surface area (Å²) in [6, 6.07) is 0. The number of aromatic nitrogens is 2. The van der Waals surface area contributed by atoms with Gasteiger partial charge in [0.2, 0.25) is 0 Å². The number of rotatable bonds is 1. The second kappa shape index (κ2) is 9.05. The van der Waals surface area contributed by atoms with Crippen LogP contribution in [0.15, 0.2) is 25.3 Å². The molecule has 0 bridgehead atoms. The van der Waals surface area contributed by atoms with Gasteiger partial charge in [0, 0.05) is 18.6 Å². The fourth-order valence-corrected chi connectivity index (χ4v) is 0.377. The Labute approximate surface area is 83.0 Å². The average molecular weight is 220 g/mol. The fourth-order valence-electron chi connectivity index (χ4n) is 0.377. The van der Waals surface area contributed by atoms with Gasteiger partial charge in [-0.2, -0.15) is 0 Å². The van der Waals surface area contributed by atoms with Gasteiger partial charge >= 0.3 is 17.1 Å². The van der Waals surface area contributed by atoms with Crippen LogP contribution in [0.3, 0.4) is 0 Å². The van der Waals surface area contributed by atoms with E-state index in [4.69, 9.17) is 0 Å². The largest absolute Gasteiger partial charge is 2.00 e. The predicted molar refractivity (Wildman–Crippen MR) is 28.6 cm³/mol. The molecule has 0 amide bonds. The molecule has 1 heterocycles. The third kappa shape index (κ3) is 4.88. The summed E-state index contributed by atoms with van der Waals surface area (Å²) in [5, 5.41) is 0. The van der Waals surface area contributed by atoms with E-state index in [1.807, 2.05) is 6.20 Å². The van der Waals surface area contributed by atoms with Gasteiger partial charge < -0.3 is 29.4 Å². The zero-order chi connectivity index (χ0) is 5.11. The quantitative estimate of drug-likeness (QED) is 0.433. The van der Waals surface area contributed by atoms with E-state index in [1.54, 1.807) is 23.3 Å². The van der Waals surface area contributed by atoms with Crippen LogP contribution in [0.25, 0.3) is 6.20 Å². The summed E-state index contributed by atoms with van der Waals surface area (Å²) < 4.78 is 1.78. The Hall–Kier alpha value is 0.0495. The first-order chi connectivity index (χ1) is 3.43. The van der Waals surface area contributed by atoms with Gasteiger partial charge in [0.1, 0.15) is 0 Å². The van der Waals surface area contributed by atoms with Gasteiger partial charge in [-0.1, -0.05) is 6.58 Å². The van der Waals surface area contributed by atoms with Crippen LogP contribution in [0.2, 0.25) is 0 Å². The monoisotopic (exact) mass is 219 g/mol. The molecule has 0 aliphatic carbocycles. The Balaban J connectivity index is -0.000000163. The summed E-state index contributed by atoms with van der Waals surface area (Å²) in [5.41, 5.74) is 0. The smallest absolute Gasteiger partial charge is 1.00 e. The minimum atomic E-state index is 0. The van der Waals surface area contributed by atoms with Gasteiger partial charge in [0.15, 0.2) is 0 Å². The van der Waals surface area contributed by atoms with Crippen molar-refractivity contribution in [1.82, 2.24) is 9.55 Å². The van der Waals surface area contributed by atoms with Crippen molar-refractivity contribution in [2.45, 2.75) is 0 Å². The SMILES string of the molecule is C=Cn1ccnc1.[Cl-].[Cl-].[Mn+2]. The molecule has 1 aromatic heterocycles. The standard InChI is InChI=1S/C5H6N2.2ClH.Mn/c1-2-7-4-3-6-5-7;;;/h2-5H,1H2;2*1H;/q;;;+2/p-2. The molecule has 0 N–H and O–H groups in total. The van der Waals surface area contributed by atoms with Crippen molar-refractivity contribution in [2.24, 2.45) is 0 Å². The molecule has 57 valence electrons. The third-order valence-corrected chi connectivity index (χ3v) is 0.736. The zero-order valence-corrected chi connectivity index (χ0v) is 7.74. The molecule has 5 heteroatoms. The van der Waals surface area contributed by atoms with Crippen molar-refractivity contribution in [1.29, 1.82) is 0 Å². The minimum Gasteiger partial charge on any atom is -1.00 e. The second-order valence-electron chi connectivity index (χ2n) is 1.19. The number of hydrogen-bond donors (Lipinski definition) is 0. The molecule has 1 aromatic rings. The number of imidazole rings is 1. The topological polar surface area (TPSA) is 17.8 Å². The first-order valence-electron chi connectivity index (χ1n) is 2.03. The summed E-state index contributed by atoms with van der Waals surface area (Å²) in [7, 11) is 0. The third-order valence-electron chi connectivity index (χ3n) is 0.736. The number of nitrogens with zero attached hydrogens (tertiary/aromatic N) is 2. The molecule has 0 aliphatic rings. The van der Waals surface area contributed by atoms with E-state index in [0.717, 1.165) is 0 Å². The molecule has 1 rings (SSSR count). The maximum atomic E-state index is 3.78. The maximum absolute atomic E-state index is 3.78. The Morgan fingerprint density at radius 1 is 1.40 bits per heavy atom. The molecule has 2 nitrogen and oxygen atoms in total. The molecule has 0 spiro atoms. The van der Waals surface area contributed by atoms with Crippen molar-refractivity contribution in [3.63, 3.8) is 0 Å². The molecule has 0 saturated heterocycles. The van der Waals surface area contributed by atoms with Crippen molar-refractivity contribution in [2.75, 3.05) is 0 Å². The van der Waals surface area contributed by atoms with Crippen LogP contribution >= 0.6 is 0 Å². The van der Waals surface area contributed by atoms with Crippen LogP contribution < -0.4 is 24.8 Å². The van der Waals surface area contributed by atoms with Crippen LogP contribution in [-0.4, -0.2) is 9.55 Å². The van der Waals surface area contributed by atoms with Crippen molar-refractivity contribution in [3.05, 3.63) is 25.3 Å². The summed E-state index contributed by atoms with van der Waals surface area (Å²) in [6.45, 7) is 3.53. The fraction of sp³-hybridized carbons (Fsp3) is 0. The second-order valence-corrected chi connectivity index (χ2v) is 1.19. The van der Waals surface area contributed by atoms with Crippen LogP contribution in [-0.2, 0) is 17.1 Å². The Bertz CT molecular complexity index is 153. The first-order valence-corrected chi connectivity index (χ1v) is 2.03. The van der Waals surface area contributed by atoms with Crippen LogP contribution in [0.5, 0.6) is 0 Å². The van der Waals surface area contributed by atoms with Gasteiger partial charge in [-0.05, 0) is 0 Å². The van der Waals surface area contributed by atoms with Crippen LogP contribution in [0, 0.1) is 0 Å². The van der Waals surface area contributed by atoms with Gasteiger partial charge in [-0.3, -0.25) is 0 Å². The summed E-state index contributed by atoms with van der Waals surface area (Å²) in [6.07, 6.45) is 6.91. The minimum absolute atomic E-state index is 0. The molecule has 1 radical (unpaired) electrons. The molecular weight excluding hydrogens is 214 g/mol. The van der Waals surface area contributed by atoms with Crippen molar-refractivity contribution >= 4 is 6.20 Å². The van der Waals surface area contributed by atoms with Gasteiger partial charge in [-0.15, -0.1) is 0 Å². The zero-order valence-electron chi connectivity index (χ0n) is 5.04. The molecule has 0 saturated carbocycles. The van der Waals surface area contributed by atoms with E-state index >= 15 is 0 Å². The Morgan fingerprint density at radius 3 is 2.20 bits per heavy atom. The van der Waals surface area contributed by atoms with E-state index in [0.29, 0.717) is 0 Å². The van der Waals surface area contributed by atoms with Crippen LogP contribution in [0.4, 0.5) is 0 Å². The van der Waals surface area contributed by atoms with E-state index in [-0.39, 0.29) is 41.9 Å². The maximum Gasteiger partial charge on any atom is 2.00 e. The van der Waals surface area contributed by atoms with E-state index in [2.05, 4.69) is 11.6 Å². The Morgan fingerprint density at radius 2 is 2.00 bits per heavy atom. The summed E-state index contributed by atoms with van der Waals surface area (Å²) in [4.78, 5) is 3.78. The normalized spacial score (nSPS) is 6.00. The molecule has 0 atom stereocenters. The first kappa shape index (κ1) is 16.6. The predicted octanol–water partition coefficient (Wildman–Crippen LogP) is -5.01. The van der Waals surface area contributed by atoms with E-state index in [9.17, 15) is 0 Å². The van der Waals surface area contributed by atoms with Gasteiger partial charge in [0.05, 0.1) is 6.33 Å². The summed E-state index contributed by atoms with van der Waals surface area (Å²) in [5.74, 6) is 0. The number of halogens is 2. The van der Waals surface area contributed by atoms with Crippen LogP contribution in [0.1, 0.15) is 0 Å². The van der Waals surface area contributed by atoms with Gasteiger partial charge in [-0.25, -0.2) is 4.98 Å². The molecule has 0 aliphatic heterocycles. The molecular formula is C5H6Cl2MnN2. The van der Waals surface area contributed by atoms with Crippen molar-refractivity contribution < 1.29 is 41.9 Å². The molecule has 10 heavy (non-hydrogen) atoms. The van der Waals surface area contributed by atoms with E-state index < -0.39 is 0 Å². The summed E-state index contributed by atoms with van der Waals surface area (Å²) >= 11 is 0. The average Bonchev–Trinajstić information content (AvgIpc) is 2.14.